The maximum absolute atomic E-state index is 5.63. The SMILES string of the molecule is Cc1cc(-c2cnc(N3CCC(c4ccncc4)CC3)nc2-c2ccco2)on1. The van der Waals surface area contributed by atoms with Crippen LogP contribution in [-0.4, -0.2) is 33.2 Å². The lowest BCUT2D eigenvalue weighted by atomic mass is 9.90. The van der Waals surface area contributed by atoms with Gasteiger partial charge in [0, 0.05) is 37.7 Å². The van der Waals surface area contributed by atoms with Gasteiger partial charge in [-0.15, -0.1) is 0 Å². The lowest BCUT2D eigenvalue weighted by Gasteiger charge is -2.32. The van der Waals surface area contributed by atoms with E-state index in [-0.39, 0.29) is 0 Å². The summed E-state index contributed by atoms with van der Waals surface area (Å²) in [6.45, 7) is 3.71. The molecule has 4 aromatic rings. The fourth-order valence-corrected chi connectivity index (χ4v) is 3.85. The van der Waals surface area contributed by atoms with Crippen LogP contribution in [0.3, 0.4) is 0 Å². The van der Waals surface area contributed by atoms with Gasteiger partial charge in [0.1, 0.15) is 5.69 Å². The standard InChI is InChI=1S/C22H21N5O2/c1-15-13-20(29-26-15)18-14-24-22(25-21(18)19-3-2-12-28-19)27-10-6-17(7-11-27)16-4-8-23-9-5-16/h2-5,8-9,12-14,17H,6-7,10-11H2,1H3. The van der Waals surface area contributed by atoms with Gasteiger partial charge < -0.3 is 13.8 Å². The monoisotopic (exact) mass is 387 g/mol. The first kappa shape index (κ1) is 17.6. The molecule has 1 saturated heterocycles. The smallest absolute Gasteiger partial charge is 0.226 e. The van der Waals surface area contributed by atoms with Crippen LogP contribution in [0.2, 0.25) is 0 Å². The van der Waals surface area contributed by atoms with Gasteiger partial charge in [0.2, 0.25) is 5.95 Å². The van der Waals surface area contributed by atoms with E-state index in [0.29, 0.717) is 29.1 Å². The van der Waals surface area contributed by atoms with Gasteiger partial charge in [-0.2, -0.15) is 0 Å². The van der Waals surface area contributed by atoms with Gasteiger partial charge >= 0.3 is 0 Å². The Morgan fingerprint density at radius 1 is 1.07 bits per heavy atom. The molecule has 29 heavy (non-hydrogen) atoms. The molecular weight excluding hydrogens is 366 g/mol. The quantitative estimate of drug-likeness (QED) is 0.511. The number of rotatable bonds is 4. The summed E-state index contributed by atoms with van der Waals surface area (Å²) < 4.78 is 11.1. The van der Waals surface area contributed by atoms with Gasteiger partial charge in [0.25, 0.3) is 0 Å². The van der Waals surface area contributed by atoms with E-state index in [1.807, 2.05) is 37.5 Å². The van der Waals surface area contributed by atoms with E-state index in [2.05, 4.69) is 32.2 Å². The maximum Gasteiger partial charge on any atom is 0.226 e. The number of piperidine rings is 1. The molecule has 0 radical (unpaired) electrons. The van der Waals surface area contributed by atoms with Crippen molar-refractivity contribution in [3.8, 4) is 22.8 Å². The van der Waals surface area contributed by atoms with Gasteiger partial charge in [-0.25, -0.2) is 9.97 Å². The van der Waals surface area contributed by atoms with E-state index in [0.717, 1.165) is 37.2 Å². The average molecular weight is 387 g/mol. The Morgan fingerprint density at radius 3 is 2.59 bits per heavy atom. The fourth-order valence-electron chi connectivity index (χ4n) is 3.85. The summed E-state index contributed by atoms with van der Waals surface area (Å²) in [6, 6.07) is 9.85. The zero-order valence-corrected chi connectivity index (χ0v) is 16.2. The zero-order valence-electron chi connectivity index (χ0n) is 16.2. The molecule has 1 aliphatic rings. The van der Waals surface area contributed by atoms with Crippen LogP contribution in [0, 0.1) is 6.92 Å². The predicted octanol–water partition coefficient (Wildman–Crippen LogP) is 4.48. The summed E-state index contributed by atoms with van der Waals surface area (Å²) in [7, 11) is 0. The minimum atomic E-state index is 0.551. The normalized spacial score (nSPS) is 15.0. The summed E-state index contributed by atoms with van der Waals surface area (Å²) in [5, 5.41) is 3.99. The molecule has 0 spiro atoms. The maximum atomic E-state index is 5.63. The van der Waals surface area contributed by atoms with Gasteiger partial charge in [0.05, 0.1) is 17.5 Å². The van der Waals surface area contributed by atoms with Crippen molar-refractivity contribution >= 4 is 5.95 Å². The number of hydrogen-bond acceptors (Lipinski definition) is 7. The van der Waals surface area contributed by atoms with Crippen molar-refractivity contribution < 1.29 is 8.94 Å². The second kappa shape index (κ2) is 7.50. The van der Waals surface area contributed by atoms with Gasteiger partial charge in [-0.3, -0.25) is 4.98 Å². The van der Waals surface area contributed by atoms with E-state index in [4.69, 9.17) is 13.9 Å². The van der Waals surface area contributed by atoms with E-state index >= 15 is 0 Å². The second-order valence-corrected chi connectivity index (χ2v) is 7.28. The molecule has 7 nitrogen and oxygen atoms in total. The fraction of sp³-hybridized carbons (Fsp3) is 0.273. The molecular formula is C22H21N5O2. The van der Waals surface area contributed by atoms with Gasteiger partial charge in [-0.05, 0) is 55.5 Å². The lowest BCUT2D eigenvalue weighted by molar-refractivity contribution is 0.426. The van der Waals surface area contributed by atoms with Crippen LogP contribution in [0.25, 0.3) is 22.8 Å². The summed E-state index contributed by atoms with van der Waals surface area (Å²) in [4.78, 5) is 15.8. The Balaban J connectivity index is 1.42. The van der Waals surface area contributed by atoms with Gasteiger partial charge in [0.15, 0.2) is 11.5 Å². The second-order valence-electron chi connectivity index (χ2n) is 7.28. The molecule has 0 bridgehead atoms. The molecule has 0 aliphatic carbocycles. The molecule has 1 aliphatic heterocycles. The molecule has 0 saturated carbocycles. The summed E-state index contributed by atoms with van der Waals surface area (Å²) in [5.41, 5.74) is 3.66. The minimum Gasteiger partial charge on any atom is -0.463 e. The topological polar surface area (TPSA) is 81.1 Å². The first-order chi connectivity index (χ1) is 14.3. The van der Waals surface area contributed by atoms with Gasteiger partial charge in [-0.1, -0.05) is 5.16 Å². The van der Waals surface area contributed by atoms with Crippen molar-refractivity contribution in [3.63, 3.8) is 0 Å². The average Bonchev–Trinajstić information content (AvgIpc) is 3.46. The third-order valence-corrected chi connectivity index (χ3v) is 5.38. The van der Waals surface area contributed by atoms with Crippen LogP contribution < -0.4 is 4.90 Å². The number of nitrogens with zero attached hydrogens (tertiary/aromatic N) is 5. The predicted molar refractivity (Wildman–Crippen MR) is 108 cm³/mol. The molecule has 4 aromatic heterocycles. The van der Waals surface area contributed by atoms with E-state index in [1.165, 1.54) is 5.56 Å². The molecule has 7 heteroatoms. The number of hydrogen-bond donors (Lipinski definition) is 0. The lowest BCUT2D eigenvalue weighted by Crippen LogP contribution is -2.34. The Hall–Kier alpha value is -3.48. The van der Waals surface area contributed by atoms with Crippen molar-refractivity contribution in [2.45, 2.75) is 25.7 Å². The van der Waals surface area contributed by atoms with Crippen molar-refractivity contribution in [2.24, 2.45) is 0 Å². The van der Waals surface area contributed by atoms with Crippen LogP contribution in [0.1, 0.15) is 30.0 Å². The number of aromatic nitrogens is 4. The Kier molecular flexibility index (Phi) is 4.56. The van der Waals surface area contributed by atoms with Crippen LogP contribution in [0.15, 0.2) is 64.1 Å². The highest BCUT2D eigenvalue weighted by atomic mass is 16.5. The number of pyridine rings is 1. The number of furan rings is 1. The molecule has 5 heterocycles. The number of anilines is 1. The van der Waals surface area contributed by atoms with Crippen molar-refractivity contribution in [1.29, 1.82) is 0 Å². The number of aryl methyl sites for hydroxylation is 1. The summed E-state index contributed by atoms with van der Waals surface area (Å²) >= 11 is 0. The third kappa shape index (κ3) is 3.51. The molecule has 1 fully saturated rings. The third-order valence-electron chi connectivity index (χ3n) is 5.38. The Morgan fingerprint density at radius 2 is 1.90 bits per heavy atom. The van der Waals surface area contributed by atoms with Crippen LogP contribution in [-0.2, 0) is 0 Å². The Bertz CT molecular complexity index is 1080. The largest absolute Gasteiger partial charge is 0.463 e. The highest BCUT2D eigenvalue weighted by Crippen LogP contribution is 2.34. The molecule has 0 unspecified atom stereocenters. The van der Waals surface area contributed by atoms with Crippen LogP contribution in [0.4, 0.5) is 5.95 Å². The highest BCUT2D eigenvalue weighted by molar-refractivity contribution is 5.75. The van der Waals surface area contributed by atoms with Crippen molar-refractivity contribution in [2.75, 3.05) is 18.0 Å². The molecule has 0 aromatic carbocycles. The summed E-state index contributed by atoms with van der Waals surface area (Å²) in [5.74, 6) is 2.58. The van der Waals surface area contributed by atoms with Crippen LogP contribution >= 0.6 is 0 Å². The van der Waals surface area contributed by atoms with E-state index in [9.17, 15) is 0 Å². The molecule has 0 amide bonds. The molecule has 0 atom stereocenters. The molecule has 0 N–H and O–H groups in total. The first-order valence-corrected chi connectivity index (χ1v) is 9.77. The minimum absolute atomic E-state index is 0.551. The van der Waals surface area contributed by atoms with Crippen molar-refractivity contribution in [3.05, 3.63) is 66.4 Å². The Labute approximate surface area is 168 Å². The van der Waals surface area contributed by atoms with Crippen molar-refractivity contribution in [1.82, 2.24) is 20.1 Å². The zero-order chi connectivity index (χ0) is 19.6. The summed E-state index contributed by atoms with van der Waals surface area (Å²) in [6.07, 6.45) is 9.30. The first-order valence-electron chi connectivity index (χ1n) is 9.77. The molecule has 146 valence electrons. The molecule has 5 rings (SSSR count). The highest BCUT2D eigenvalue weighted by Gasteiger charge is 2.24. The van der Waals surface area contributed by atoms with E-state index in [1.54, 1.807) is 12.5 Å². The van der Waals surface area contributed by atoms with Crippen LogP contribution in [0.5, 0.6) is 0 Å². The van der Waals surface area contributed by atoms with E-state index < -0.39 is 0 Å².